The standard InChI is InChI=1S/C12H21NO3/c1-11(2)8(7-9(11)14)13-10(15)12(3)5-4-6-16-12/h8-9,14H,4-7H2,1-3H3,(H,13,15). The molecular formula is C12H21NO3. The Bertz CT molecular complexity index is 295. The van der Waals surface area contributed by atoms with Gasteiger partial charge in [0.05, 0.1) is 6.10 Å². The zero-order chi connectivity index (χ0) is 12.0. The lowest BCUT2D eigenvalue weighted by Crippen LogP contribution is -2.63. The Hall–Kier alpha value is -0.610. The fourth-order valence-electron chi connectivity index (χ4n) is 2.42. The van der Waals surface area contributed by atoms with Crippen LogP contribution in [0.3, 0.4) is 0 Å². The average molecular weight is 227 g/mol. The van der Waals surface area contributed by atoms with Crippen molar-refractivity contribution in [3.05, 3.63) is 0 Å². The highest BCUT2D eigenvalue weighted by Gasteiger charge is 2.50. The molecule has 1 aliphatic heterocycles. The number of hydrogen-bond donors (Lipinski definition) is 2. The Labute approximate surface area is 96.4 Å². The summed E-state index contributed by atoms with van der Waals surface area (Å²) in [7, 11) is 0. The maximum Gasteiger partial charge on any atom is 0.252 e. The molecule has 0 aromatic carbocycles. The van der Waals surface area contributed by atoms with Crippen LogP contribution in [-0.4, -0.2) is 35.4 Å². The third-order valence-corrected chi connectivity index (χ3v) is 4.22. The van der Waals surface area contributed by atoms with Gasteiger partial charge in [-0.05, 0) is 26.2 Å². The molecular weight excluding hydrogens is 206 g/mol. The van der Waals surface area contributed by atoms with E-state index in [1.807, 2.05) is 20.8 Å². The summed E-state index contributed by atoms with van der Waals surface area (Å²) in [4.78, 5) is 12.0. The van der Waals surface area contributed by atoms with E-state index in [1.165, 1.54) is 0 Å². The zero-order valence-electron chi connectivity index (χ0n) is 10.2. The van der Waals surface area contributed by atoms with Crippen LogP contribution in [0.2, 0.25) is 0 Å². The molecule has 92 valence electrons. The van der Waals surface area contributed by atoms with E-state index < -0.39 is 5.60 Å². The van der Waals surface area contributed by atoms with Crippen molar-refractivity contribution in [3.63, 3.8) is 0 Å². The first-order chi connectivity index (χ1) is 7.36. The Morgan fingerprint density at radius 3 is 2.56 bits per heavy atom. The highest BCUT2D eigenvalue weighted by atomic mass is 16.5. The van der Waals surface area contributed by atoms with Gasteiger partial charge in [-0.1, -0.05) is 13.8 Å². The molecule has 0 radical (unpaired) electrons. The molecule has 0 aromatic rings. The van der Waals surface area contributed by atoms with Gasteiger partial charge in [-0.25, -0.2) is 0 Å². The molecule has 2 rings (SSSR count). The van der Waals surface area contributed by atoms with Crippen LogP contribution in [0, 0.1) is 5.41 Å². The minimum absolute atomic E-state index is 0.0324. The van der Waals surface area contributed by atoms with E-state index in [4.69, 9.17) is 4.74 Å². The molecule has 1 aliphatic carbocycles. The third kappa shape index (κ3) is 1.74. The van der Waals surface area contributed by atoms with Gasteiger partial charge in [0, 0.05) is 18.1 Å². The number of rotatable bonds is 2. The molecule has 3 unspecified atom stereocenters. The maximum absolute atomic E-state index is 12.0. The zero-order valence-corrected chi connectivity index (χ0v) is 10.2. The second-order valence-corrected chi connectivity index (χ2v) is 5.78. The van der Waals surface area contributed by atoms with Crippen LogP contribution in [-0.2, 0) is 9.53 Å². The van der Waals surface area contributed by atoms with Gasteiger partial charge >= 0.3 is 0 Å². The second kappa shape index (κ2) is 3.70. The monoisotopic (exact) mass is 227 g/mol. The van der Waals surface area contributed by atoms with Gasteiger partial charge in [-0.2, -0.15) is 0 Å². The van der Waals surface area contributed by atoms with Crippen molar-refractivity contribution in [1.29, 1.82) is 0 Å². The molecule has 4 heteroatoms. The van der Waals surface area contributed by atoms with Crippen molar-refractivity contribution in [3.8, 4) is 0 Å². The van der Waals surface area contributed by atoms with E-state index in [-0.39, 0.29) is 23.5 Å². The van der Waals surface area contributed by atoms with Gasteiger partial charge in [-0.3, -0.25) is 4.79 Å². The van der Waals surface area contributed by atoms with Gasteiger partial charge in [0.1, 0.15) is 5.60 Å². The summed E-state index contributed by atoms with van der Waals surface area (Å²) in [5, 5.41) is 12.6. The van der Waals surface area contributed by atoms with E-state index >= 15 is 0 Å². The maximum atomic E-state index is 12.0. The van der Waals surface area contributed by atoms with E-state index in [0.29, 0.717) is 13.0 Å². The van der Waals surface area contributed by atoms with E-state index in [9.17, 15) is 9.90 Å². The van der Waals surface area contributed by atoms with Crippen molar-refractivity contribution in [1.82, 2.24) is 5.32 Å². The molecule has 0 spiro atoms. The van der Waals surface area contributed by atoms with Crippen molar-refractivity contribution < 1.29 is 14.6 Å². The minimum Gasteiger partial charge on any atom is -0.392 e. The average Bonchev–Trinajstić information content (AvgIpc) is 2.66. The highest BCUT2D eigenvalue weighted by molar-refractivity contribution is 5.85. The van der Waals surface area contributed by atoms with Crippen LogP contribution >= 0.6 is 0 Å². The molecule has 1 heterocycles. The quantitative estimate of drug-likeness (QED) is 0.734. The van der Waals surface area contributed by atoms with Crippen LogP contribution in [0.1, 0.15) is 40.0 Å². The number of amides is 1. The fraction of sp³-hybridized carbons (Fsp3) is 0.917. The van der Waals surface area contributed by atoms with Crippen molar-refractivity contribution in [2.45, 2.75) is 57.8 Å². The van der Waals surface area contributed by atoms with Crippen molar-refractivity contribution >= 4 is 5.91 Å². The first-order valence-corrected chi connectivity index (χ1v) is 5.99. The molecule has 0 bridgehead atoms. The van der Waals surface area contributed by atoms with Crippen LogP contribution < -0.4 is 5.32 Å². The summed E-state index contributed by atoms with van der Waals surface area (Å²) >= 11 is 0. The summed E-state index contributed by atoms with van der Waals surface area (Å²) in [5.41, 5.74) is -0.874. The Morgan fingerprint density at radius 1 is 1.44 bits per heavy atom. The molecule has 4 nitrogen and oxygen atoms in total. The summed E-state index contributed by atoms with van der Waals surface area (Å²) in [5.74, 6) is -0.0324. The minimum atomic E-state index is -0.656. The lowest BCUT2D eigenvalue weighted by atomic mass is 9.64. The third-order valence-electron chi connectivity index (χ3n) is 4.22. The summed E-state index contributed by atoms with van der Waals surface area (Å²) in [6.07, 6.45) is 2.07. The number of nitrogens with one attached hydrogen (secondary N) is 1. The molecule has 3 atom stereocenters. The van der Waals surface area contributed by atoms with E-state index in [0.717, 1.165) is 12.8 Å². The van der Waals surface area contributed by atoms with Gasteiger partial charge in [0.2, 0.25) is 0 Å². The molecule has 2 N–H and O–H groups in total. The first kappa shape index (κ1) is 11.9. The van der Waals surface area contributed by atoms with Gasteiger partial charge < -0.3 is 15.2 Å². The topological polar surface area (TPSA) is 58.6 Å². The molecule has 1 saturated carbocycles. The molecule has 0 aromatic heterocycles. The lowest BCUT2D eigenvalue weighted by molar-refractivity contribution is -0.146. The summed E-state index contributed by atoms with van der Waals surface area (Å²) in [6, 6.07) is 0.0658. The molecule has 16 heavy (non-hydrogen) atoms. The van der Waals surface area contributed by atoms with Gasteiger partial charge in [-0.15, -0.1) is 0 Å². The summed E-state index contributed by atoms with van der Waals surface area (Å²) < 4.78 is 5.49. The number of carbonyl (C=O) groups excluding carboxylic acids is 1. The largest absolute Gasteiger partial charge is 0.392 e. The fourth-order valence-corrected chi connectivity index (χ4v) is 2.42. The number of aliphatic hydroxyl groups excluding tert-OH is 1. The van der Waals surface area contributed by atoms with Crippen LogP contribution in [0.15, 0.2) is 0 Å². The lowest BCUT2D eigenvalue weighted by Gasteiger charge is -2.50. The Kier molecular flexibility index (Phi) is 2.75. The Balaban J connectivity index is 1.94. The molecule has 1 amide bonds. The number of hydrogen-bond acceptors (Lipinski definition) is 3. The van der Waals surface area contributed by atoms with Gasteiger partial charge in [0.25, 0.3) is 5.91 Å². The highest BCUT2D eigenvalue weighted by Crippen LogP contribution is 2.41. The predicted octanol–water partition coefficient (Wildman–Crippen LogP) is 0.831. The molecule has 2 fully saturated rings. The van der Waals surface area contributed by atoms with Crippen LogP contribution in [0.4, 0.5) is 0 Å². The van der Waals surface area contributed by atoms with Crippen molar-refractivity contribution in [2.24, 2.45) is 5.41 Å². The first-order valence-electron chi connectivity index (χ1n) is 5.99. The van der Waals surface area contributed by atoms with E-state index in [2.05, 4.69) is 5.32 Å². The van der Waals surface area contributed by atoms with Gasteiger partial charge in [0.15, 0.2) is 0 Å². The SMILES string of the molecule is CC1(C(=O)NC2CC(O)C2(C)C)CCCO1. The smallest absolute Gasteiger partial charge is 0.252 e. The normalized spacial score (nSPS) is 41.5. The van der Waals surface area contributed by atoms with Crippen molar-refractivity contribution in [2.75, 3.05) is 6.61 Å². The van der Waals surface area contributed by atoms with Crippen LogP contribution in [0.25, 0.3) is 0 Å². The molecule has 2 aliphatic rings. The van der Waals surface area contributed by atoms with E-state index in [1.54, 1.807) is 0 Å². The van der Waals surface area contributed by atoms with Crippen LogP contribution in [0.5, 0.6) is 0 Å². The summed E-state index contributed by atoms with van der Waals surface area (Å²) in [6.45, 7) is 6.46. The second-order valence-electron chi connectivity index (χ2n) is 5.78. The Morgan fingerprint density at radius 2 is 2.12 bits per heavy atom. The molecule has 1 saturated heterocycles. The number of aliphatic hydroxyl groups is 1. The number of carbonyl (C=O) groups is 1. The predicted molar refractivity (Wildman–Crippen MR) is 59.9 cm³/mol. The number of ether oxygens (including phenoxy) is 1.